The summed E-state index contributed by atoms with van der Waals surface area (Å²) in [7, 11) is 0. The number of hydrogen-bond donors (Lipinski definition) is 2. The zero-order valence-corrected chi connectivity index (χ0v) is 17.7. The van der Waals surface area contributed by atoms with Crippen molar-refractivity contribution in [3.63, 3.8) is 0 Å². The number of nitrogens with zero attached hydrogens (tertiary/aromatic N) is 2. The molecule has 2 N–H and O–H groups in total. The summed E-state index contributed by atoms with van der Waals surface area (Å²) in [5, 5.41) is 5.65. The molecule has 0 aliphatic carbocycles. The van der Waals surface area contributed by atoms with Gasteiger partial charge in [0.05, 0.1) is 6.54 Å². The summed E-state index contributed by atoms with van der Waals surface area (Å²) in [4.78, 5) is 40.1. The van der Waals surface area contributed by atoms with E-state index in [4.69, 9.17) is 0 Å². The minimum atomic E-state index is -0.332. The largest absolute Gasteiger partial charge is 0.330 e. The second-order valence-electron chi connectivity index (χ2n) is 6.73. The molecule has 0 saturated carbocycles. The van der Waals surface area contributed by atoms with Gasteiger partial charge in [-0.05, 0) is 42.3 Å². The number of carbonyl (C=O) groups is 3. The molecule has 1 saturated heterocycles. The van der Waals surface area contributed by atoms with Crippen molar-refractivity contribution in [2.45, 2.75) is 13.3 Å². The molecule has 2 aromatic rings. The van der Waals surface area contributed by atoms with Gasteiger partial charge in [0.2, 0.25) is 11.8 Å². The van der Waals surface area contributed by atoms with E-state index >= 15 is 0 Å². The van der Waals surface area contributed by atoms with Crippen molar-refractivity contribution in [2.75, 3.05) is 36.8 Å². The van der Waals surface area contributed by atoms with E-state index in [0.717, 1.165) is 22.1 Å². The lowest BCUT2D eigenvalue weighted by Gasteiger charge is -2.34. The molecule has 0 spiro atoms. The van der Waals surface area contributed by atoms with Crippen LogP contribution < -0.4 is 10.6 Å². The molecule has 7 nitrogen and oxygen atoms in total. The number of piperazine rings is 1. The molecule has 1 fully saturated rings. The third-order valence-corrected chi connectivity index (χ3v) is 5.24. The van der Waals surface area contributed by atoms with Crippen molar-refractivity contribution in [3.05, 3.63) is 58.6 Å². The number of rotatable bonds is 5. The van der Waals surface area contributed by atoms with E-state index in [-0.39, 0.29) is 30.9 Å². The maximum Gasteiger partial charge on any atom is 0.322 e. The van der Waals surface area contributed by atoms with Gasteiger partial charge in [0.15, 0.2) is 0 Å². The zero-order chi connectivity index (χ0) is 20.8. The van der Waals surface area contributed by atoms with E-state index in [1.807, 2.05) is 43.3 Å². The highest BCUT2D eigenvalue weighted by Crippen LogP contribution is 2.17. The lowest BCUT2D eigenvalue weighted by atomic mass is 10.1. The zero-order valence-electron chi connectivity index (χ0n) is 16.2. The number of aryl methyl sites for hydroxylation is 1. The highest BCUT2D eigenvalue weighted by Gasteiger charge is 2.28. The molecule has 2 aromatic carbocycles. The van der Waals surface area contributed by atoms with Gasteiger partial charge in [0, 0.05) is 28.9 Å². The molecule has 3 rings (SSSR count). The molecule has 0 aromatic heterocycles. The van der Waals surface area contributed by atoms with Crippen LogP contribution in [0.25, 0.3) is 0 Å². The molecular weight excluding hydrogens is 436 g/mol. The molecule has 29 heavy (non-hydrogen) atoms. The molecule has 0 atom stereocenters. The molecule has 0 bridgehead atoms. The Kier molecular flexibility index (Phi) is 6.87. The van der Waals surface area contributed by atoms with Gasteiger partial charge in [0.25, 0.3) is 0 Å². The lowest BCUT2D eigenvalue weighted by Crippen LogP contribution is -2.54. The van der Waals surface area contributed by atoms with Gasteiger partial charge < -0.3 is 20.4 Å². The Balaban J connectivity index is 1.51. The average Bonchev–Trinajstić information content (AvgIpc) is 2.71. The van der Waals surface area contributed by atoms with E-state index < -0.39 is 0 Å². The number of halogens is 1. The van der Waals surface area contributed by atoms with Crippen LogP contribution in [0.2, 0.25) is 0 Å². The predicted molar refractivity (Wildman–Crippen MR) is 116 cm³/mol. The van der Waals surface area contributed by atoms with Crippen molar-refractivity contribution in [1.29, 1.82) is 0 Å². The van der Waals surface area contributed by atoms with Crippen LogP contribution in [-0.4, -0.2) is 53.8 Å². The van der Waals surface area contributed by atoms with Gasteiger partial charge in [-0.3, -0.25) is 9.59 Å². The van der Waals surface area contributed by atoms with E-state index in [1.165, 1.54) is 9.80 Å². The summed E-state index contributed by atoms with van der Waals surface area (Å²) in [6.45, 7) is 2.62. The number of para-hydroxylation sites is 1. The molecule has 8 heteroatoms. The Bertz CT molecular complexity index is 901. The van der Waals surface area contributed by atoms with E-state index in [9.17, 15) is 14.4 Å². The van der Waals surface area contributed by atoms with Gasteiger partial charge in [-0.1, -0.05) is 41.1 Å². The van der Waals surface area contributed by atoms with Crippen LogP contribution in [0.3, 0.4) is 0 Å². The Morgan fingerprint density at radius 3 is 2.45 bits per heavy atom. The average molecular weight is 459 g/mol. The van der Waals surface area contributed by atoms with Crippen molar-refractivity contribution in [3.8, 4) is 0 Å². The molecule has 4 amide bonds. The van der Waals surface area contributed by atoms with Crippen LogP contribution >= 0.6 is 15.9 Å². The van der Waals surface area contributed by atoms with Crippen molar-refractivity contribution >= 4 is 45.2 Å². The predicted octanol–water partition coefficient (Wildman–Crippen LogP) is 3.33. The van der Waals surface area contributed by atoms with Gasteiger partial charge in [-0.25, -0.2) is 4.79 Å². The number of carbonyl (C=O) groups excluding carboxylic acids is 3. The highest BCUT2D eigenvalue weighted by molar-refractivity contribution is 9.10. The quantitative estimate of drug-likeness (QED) is 0.720. The highest BCUT2D eigenvalue weighted by atomic mass is 79.9. The minimum absolute atomic E-state index is 0.0287. The second-order valence-corrected chi connectivity index (χ2v) is 7.65. The van der Waals surface area contributed by atoms with Gasteiger partial charge in [0.1, 0.15) is 6.54 Å². The molecule has 152 valence electrons. The Morgan fingerprint density at radius 1 is 1.03 bits per heavy atom. The summed E-state index contributed by atoms with van der Waals surface area (Å²) in [5.74, 6) is -0.492. The topological polar surface area (TPSA) is 81.8 Å². The summed E-state index contributed by atoms with van der Waals surface area (Å²) in [6.07, 6.45) is 0.807. The van der Waals surface area contributed by atoms with E-state index in [2.05, 4.69) is 26.6 Å². The van der Waals surface area contributed by atoms with Crippen LogP contribution in [0.5, 0.6) is 0 Å². The molecule has 1 aliphatic rings. The van der Waals surface area contributed by atoms with E-state index in [1.54, 1.807) is 12.1 Å². The second kappa shape index (κ2) is 9.56. The molecule has 0 unspecified atom stereocenters. The van der Waals surface area contributed by atoms with Crippen LogP contribution in [0.1, 0.15) is 12.5 Å². The summed E-state index contributed by atoms with van der Waals surface area (Å²) in [6, 6.07) is 14.5. The monoisotopic (exact) mass is 458 g/mol. The van der Waals surface area contributed by atoms with Crippen molar-refractivity contribution < 1.29 is 14.4 Å². The van der Waals surface area contributed by atoms with Crippen LogP contribution in [0, 0.1) is 0 Å². The summed E-state index contributed by atoms with van der Waals surface area (Å²) in [5.41, 5.74) is 2.46. The first kappa shape index (κ1) is 20.9. The number of amides is 4. The first-order valence-corrected chi connectivity index (χ1v) is 10.2. The number of anilines is 2. The third-order valence-electron chi connectivity index (χ3n) is 4.71. The van der Waals surface area contributed by atoms with Gasteiger partial charge in [-0.2, -0.15) is 0 Å². The number of urea groups is 1. The Labute approximate surface area is 178 Å². The van der Waals surface area contributed by atoms with Crippen LogP contribution in [-0.2, 0) is 16.0 Å². The Hall–Kier alpha value is -2.87. The maximum atomic E-state index is 12.4. The maximum absolute atomic E-state index is 12.4. The van der Waals surface area contributed by atoms with E-state index in [0.29, 0.717) is 18.8 Å². The van der Waals surface area contributed by atoms with Crippen LogP contribution in [0.4, 0.5) is 16.2 Å². The molecule has 1 aliphatic heterocycles. The fourth-order valence-corrected chi connectivity index (χ4v) is 3.36. The SMILES string of the molecule is CCc1ccccc1NC(=O)CN1CCN(C(=O)Nc2ccc(Br)cc2)CC1=O. The lowest BCUT2D eigenvalue weighted by molar-refractivity contribution is -0.137. The van der Waals surface area contributed by atoms with Crippen molar-refractivity contribution in [2.24, 2.45) is 0 Å². The summed E-state index contributed by atoms with van der Waals surface area (Å²) < 4.78 is 0.916. The minimum Gasteiger partial charge on any atom is -0.330 e. The van der Waals surface area contributed by atoms with Gasteiger partial charge in [-0.15, -0.1) is 0 Å². The fraction of sp³-hybridized carbons (Fsp3) is 0.286. The van der Waals surface area contributed by atoms with Crippen LogP contribution in [0.15, 0.2) is 53.0 Å². The fourth-order valence-electron chi connectivity index (χ4n) is 3.10. The Morgan fingerprint density at radius 2 is 1.76 bits per heavy atom. The number of hydrogen-bond acceptors (Lipinski definition) is 3. The van der Waals surface area contributed by atoms with Crippen molar-refractivity contribution in [1.82, 2.24) is 9.80 Å². The first-order chi connectivity index (χ1) is 14.0. The first-order valence-electron chi connectivity index (χ1n) is 9.43. The number of nitrogens with one attached hydrogen (secondary N) is 2. The third kappa shape index (κ3) is 5.57. The molecule has 0 radical (unpaired) electrons. The normalized spacial score (nSPS) is 13.9. The van der Waals surface area contributed by atoms with Gasteiger partial charge >= 0.3 is 6.03 Å². The number of benzene rings is 2. The summed E-state index contributed by atoms with van der Waals surface area (Å²) >= 11 is 3.35. The molecule has 1 heterocycles. The smallest absolute Gasteiger partial charge is 0.322 e. The molecular formula is C21H23BrN4O3. The standard InChI is InChI=1S/C21H23BrN4O3/c1-2-15-5-3-4-6-18(15)24-19(27)13-25-11-12-26(14-20(25)28)21(29)23-17-9-7-16(22)8-10-17/h3-10H,2,11-14H2,1H3,(H,23,29)(H,24,27).